The van der Waals surface area contributed by atoms with Crippen molar-refractivity contribution in [1.82, 2.24) is 0 Å². The highest BCUT2D eigenvalue weighted by molar-refractivity contribution is 5.84. The molecule has 0 spiro atoms. The average molecular weight is 322 g/mol. The van der Waals surface area contributed by atoms with Crippen molar-refractivity contribution in [1.29, 1.82) is 0 Å². The standard InChI is InChI=1S/C13H22O.C7H12O2/c1-2-3-4-5-6-7-9-12-10-8-11-13(12)14;1-2-3-4-5-6-7(8)9/h7,9,12H,2-6,8,10-11H2,1H3;2-3H,4-6H2,1H3,(H,8,9)/b9-7+;3-2-. The lowest BCUT2D eigenvalue weighted by Gasteiger charge is -1.99. The highest BCUT2D eigenvalue weighted by Crippen LogP contribution is 2.22. The second-order valence-corrected chi connectivity index (χ2v) is 6.10. The predicted octanol–water partition coefficient (Wildman–Crippen LogP) is 5.70. The first kappa shape index (κ1) is 21.6. The number of hydrogen-bond donors (Lipinski definition) is 1. The van der Waals surface area contributed by atoms with Crippen LogP contribution in [0.2, 0.25) is 0 Å². The number of hydrogen-bond acceptors (Lipinski definition) is 2. The first-order valence-electron chi connectivity index (χ1n) is 9.14. The van der Waals surface area contributed by atoms with Crippen LogP contribution in [-0.2, 0) is 9.59 Å². The summed E-state index contributed by atoms with van der Waals surface area (Å²) in [5, 5.41) is 8.19. The number of unbranched alkanes of at least 4 members (excludes halogenated alkanes) is 5. The Kier molecular flexibility index (Phi) is 14.6. The van der Waals surface area contributed by atoms with Crippen LogP contribution < -0.4 is 0 Å². The minimum absolute atomic E-state index is 0.265. The lowest BCUT2D eigenvalue weighted by molar-refractivity contribution is -0.137. The van der Waals surface area contributed by atoms with Gasteiger partial charge in [0, 0.05) is 18.8 Å². The lowest BCUT2D eigenvalue weighted by Crippen LogP contribution is -2.01. The van der Waals surface area contributed by atoms with Crippen molar-refractivity contribution in [3.8, 4) is 0 Å². The first-order valence-corrected chi connectivity index (χ1v) is 9.14. The summed E-state index contributed by atoms with van der Waals surface area (Å²) in [4.78, 5) is 21.2. The van der Waals surface area contributed by atoms with E-state index in [0.717, 1.165) is 38.5 Å². The van der Waals surface area contributed by atoms with Crippen molar-refractivity contribution in [2.24, 2.45) is 5.92 Å². The lowest BCUT2D eigenvalue weighted by atomic mass is 10.1. The maximum Gasteiger partial charge on any atom is 0.303 e. The zero-order valence-electron chi connectivity index (χ0n) is 14.9. The molecule has 1 fully saturated rings. The van der Waals surface area contributed by atoms with Crippen LogP contribution in [0.3, 0.4) is 0 Å². The van der Waals surface area contributed by atoms with Gasteiger partial charge in [-0.3, -0.25) is 9.59 Å². The predicted molar refractivity (Wildman–Crippen MR) is 96.5 cm³/mol. The van der Waals surface area contributed by atoms with Gasteiger partial charge in [0.1, 0.15) is 5.78 Å². The van der Waals surface area contributed by atoms with E-state index >= 15 is 0 Å². The number of Topliss-reactive ketones (excluding diaryl/α,β-unsaturated/α-hetero) is 1. The van der Waals surface area contributed by atoms with E-state index in [1.807, 2.05) is 19.1 Å². The van der Waals surface area contributed by atoms with Crippen molar-refractivity contribution in [3.05, 3.63) is 24.3 Å². The summed E-state index contributed by atoms with van der Waals surface area (Å²) < 4.78 is 0. The van der Waals surface area contributed by atoms with Crippen molar-refractivity contribution in [2.45, 2.75) is 84.5 Å². The summed E-state index contributed by atoms with van der Waals surface area (Å²) in [5.74, 6) is 0.00971. The minimum atomic E-state index is -0.709. The summed E-state index contributed by atoms with van der Waals surface area (Å²) in [6.45, 7) is 4.16. The van der Waals surface area contributed by atoms with Gasteiger partial charge in [-0.15, -0.1) is 0 Å². The number of carbonyl (C=O) groups is 2. The second kappa shape index (κ2) is 15.5. The third-order valence-corrected chi connectivity index (χ3v) is 3.94. The fourth-order valence-corrected chi connectivity index (χ4v) is 2.53. The molecule has 0 aliphatic heterocycles. The van der Waals surface area contributed by atoms with Crippen LogP contribution in [0.4, 0.5) is 0 Å². The van der Waals surface area contributed by atoms with Gasteiger partial charge in [-0.25, -0.2) is 0 Å². The van der Waals surface area contributed by atoms with E-state index < -0.39 is 5.97 Å². The molecule has 3 nitrogen and oxygen atoms in total. The number of carboxylic acids is 1. The SMILES string of the molecule is C/C=C\CCCC(=O)O.CCCCCC/C=C/C1CCCC1=O. The number of allylic oxidation sites excluding steroid dienone is 4. The van der Waals surface area contributed by atoms with E-state index in [4.69, 9.17) is 5.11 Å². The zero-order chi connectivity index (χ0) is 17.3. The molecular weight excluding hydrogens is 288 g/mol. The van der Waals surface area contributed by atoms with Crippen LogP contribution >= 0.6 is 0 Å². The Labute approximate surface area is 141 Å². The molecule has 1 saturated carbocycles. The molecule has 0 heterocycles. The van der Waals surface area contributed by atoms with Crippen molar-refractivity contribution >= 4 is 11.8 Å². The topological polar surface area (TPSA) is 54.4 Å². The molecule has 1 N–H and O–H groups in total. The molecule has 0 aromatic heterocycles. The number of ketones is 1. The molecule has 0 aromatic rings. The largest absolute Gasteiger partial charge is 0.481 e. The molecule has 0 aromatic carbocycles. The Hall–Kier alpha value is -1.38. The molecule has 0 amide bonds. The van der Waals surface area contributed by atoms with Gasteiger partial charge in [-0.05, 0) is 45.4 Å². The molecular formula is C20H34O3. The molecule has 1 unspecified atom stereocenters. The molecule has 1 atom stereocenters. The molecule has 1 aliphatic carbocycles. The van der Waals surface area contributed by atoms with Gasteiger partial charge < -0.3 is 5.11 Å². The van der Waals surface area contributed by atoms with Gasteiger partial charge in [0.15, 0.2) is 0 Å². The molecule has 132 valence electrons. The third kappa shape index (κ3) is 14.0. The van der Waals surface area contributed by atoms with Gasteiger partial charge >= 0.3 is 5.97 Å². The van der Waals surface area contributed by atoms with Gasteiger partial charge in [0.25, 0.3) is 0 Å². The maximum absolute atomic E-state index is 11.3. The highest BCUT2D eigenvalue weighted by Gasteiger charge is 2.20. The minimum Gasteiger partial charge on any atom is -0.481 e. The van der Waals surface area contributed by atoms with E-state index in [2.05, 4.69) is 19.1 Å². The molecule has 0 saturated heterocycles. The van der Waals surface area contributed by atoms with Crippen LogP contribution in [0.15, 0.2) is 24.3 Å². The van der Waals surface area contributed by atoms with Crippen LogP contribution in [0.25, 0.3) is 0 Å². The third-order valence-electron chi connectivity index (χ3n) is 3.94. The van der Waals surface area contributed by atoms with Crippen LogP contribution in [0.5, 0.6) is 0 Å². The Morgan fingerprint density at radius 1 is 1.17 bits per heavy atom. The molecule has 0 radical (unpaired) electrons. The van der Waals surface area contributed by atoms with Crippen molar-refractivity contribution in [2.75, 3.05) is 0 Å². The fraction of sp³-hybridized carbons (Fsp3) is 0.700. The number of carboxylic acid groups (broad SMARTS) is 1. The molecule has 0 bridgehead atoms. The van der Waals surface area contributed by atoms with E-state index in [1.165, 1.54) is 25.7 Å². The van der Waals surface area contributed by atoms with E-state index in [0.29, 0.717) is 5.78 Å². The monoisotopic (exact) mass is 322 g/mol. The summed E-state index contributed by atoms with van der Waals surface area (Å²) in [5.41, 5.74) is 0. The quantitative estimate of drug-likeness (QED) is 0.414. The summed E-state index contributed by atoms with van der Waals surface area (Å²) in [7, 11) is 0. The second-order valence-electron chi connectivity index (χ2n) is 6.10. The first-order chi connectivity index (χ1) is 11.1. The number of carbonyl (C=O) groups excluding carboxylic acids is 1. The van der Waals surface area contributed by atoms with Gasteiger partial charge in [0.05, 0.1) is 0 Å². The number of rotatable bonds is 10. The Bertz CT molecular complexity index is 369. The van der Waals surface area contributed by atoms with E-state index in [9.17, 15) is 9.59 Å². The normalized spacial score (nSPS) is 17.7. The van der Waals surface area contributed by atoms with Crippen molar-refractivity contribution < 1.29 is 14.7 Å². The highest BCUT2D eigenvalue weighted by atomic mass is 16.4. The fourth-order valence-electron chi connectivity index (χ4n) is 2.53. The molecule has 1 aliphatic rings. The van der Waals surface area contributed by atoms with Crippen LogP contribution in [0.1, 0.15) is 84.5 Å². The number of aliphatic carboxylic acids is 1. The summed E-state index contributed by atoms with van der Waals surface area (Å²) in [6.07, 6.45) is 19.6. The Morgan fingerprint density at radius 3 is 2.48 bits per heavy atom. The summed E-state index contributed by atoms with van der Waals surface area (Å²) in [6, 6.07) is 0. The zero-order valence-corrected chi connectivity index (χ0v) is 14.9. The Morgan fingerprint density at radius 2 is 1.91 bits per heavy atom. The Balaban J connectivity index is 0.000000468. The smallest absolute Gasteiger partial charge is 0.303 e. The van der Waals surface area contributed by atoms with Gasteiger partial charge in [-0.2, -0.15) is 0 Å². The molecule has 1 rings (SSSR count). The maximum atomic E-state index is 11.3. The van der Waals surface area contributed by atoms with Crippen LogP contribution in [0, 0.1) is 5.92 Å². The van der Waals surface area contributed by atoms with Crippen molar-refractivity contribution in [3.63, 3.8) is 0 Å². The van der Waals surface area contributed by atoms with Crippen LogP contribution in [-0.4, -0.2) is 16.9 Å². The van der Waals surface area contributed by atoms with E-state index in [1.54, 1.807) is 0 Å². The molecule has 3 heteroatoms. The van der Waals surface area contributed by atoms with Gasteiger partial charge in [0.2, 0.25) is 0 Å². The summed E-state index contributed by atoms with van der Waals surface area (Å²) >= 11 is 0. The average Bonchev–Trinajstić information content (AvgIpc) is 2.93. The molecule has 23 heavy (non-hydrogen) atoms. The van der Waals surface area contributed by atoms with Gasteiger partial charge in [-0.1, -0.05) is 50.5 Å². The van der Waals surface area contributed by atoms with E-state index in [-0.39, 0.29) is 12.3 Å².